The third-order valence-corrected chi connectivity index (χ3v) is 5.93. The van der Waals surface area contributed by atoms with E-state index in [1.54, 1.807) is 12.3 Å². The molecule has 0 aliphatic carbocycles. The average Bonchev–Trinajstić information content (AvgIpc) is 3.45. The number of thioether (sulfide) groups is 1. The van der Waals surface area contributed by atoms with Crippen molar-refractivity contribution in [3.8, 4) is 11.5 Å². The van der Waals surface area contributed by atoms with Crippen LogP contribution in [0.15, 0.2) is 32.5 Å². The smallest absolute Gasteiger partial charge is 0.277 e. The fraction of sp³-hybridized carbons (Fsp3) is 0.450. The number of Topliss-reactive ketones (excluding diaryl/α,β-unsaturated/α-hetero) is 1. The van der Waals surface area contributed by atoms with Gasteiger partial charge in [-0.1, -0.05) is 11.8 Å². The minimum atomic E-state index is 0.0518. The van der Waals surface area contributed by atoms with E-state index in [2.05, 4.69) is 14.8 Å². The number of ketones is 1. The molecule has 3 aromatic rings. The highest BCUT2D eigenvalue weighted by atomic mass is 32.2. The number of ether oxygens (including phenoxy) is 1. The van der Waals surface area contributed by atoms with E-state index < -0.39 is 0 Å². The van der Waals surface area contributed by atoms with Gasteiger partial charge in [0.05, 0.1) is 23.7 Å². The summed E-state index contributed by atoms with van der Waals surface area (Å²) >= 11 is 1.25. The van der Waals surface area contributed by atoms with Crippen LogP contribution in [0.25, 0.3) is 11.5 Å². The van der Waals surface area contributed by atoms with E-state index in [1.807, 2.05) is 26.8 Å². The summed E-state index contributed by atoms with van der Waals surface area (Å²) in [5.41, 5.74) is 3.58. The van der Waals surface area contributed by atoms with Gasteiger partial charge in [-0.3, -0.25) is 4.79 Å². The molecule has 7 nitrogen and oxygen atoms in total. The zero-order valence-corrected chi connectivity index (χ0v) is 17.0. The fourth-order valence-electron chi connectivity index (χ4n) is 3.55. The molecule has 4 rings (SSSR count). The number of rotatable bonds is 7. The summed E-state index contributed by atoms with van der Waals surface area (Å²) in [5, 5.41) is 8.43. The molecule has 148 valence electrons. The first-order valence-corrected chi connectivity index (χ1v) is 10.3. The Kier molecular flexibility index (Phi) is 5.41. The Morgan fingerprint density at radius 3 is 2.89 bits per heavy atom. The van der Waals surface area contributed by atoms with E-state index in [0.29, 0.717) is 11.1 Å². The van der Waals surface area contributed by atoms with Gasteiger partial charge >= 0.3 is 0 Å². The Bertz CT molecular complexity index is 982. The molecule has 0 N–H and O–H groups in total. The first kappa shape index (κ1) is 19.0. The van der Waals surface area contributed by atoms with Gasteiger partial charge in [0.2, 0.25) is 0 Å². The van der Waals surface area contributed by atoms with Gasteiger partial charge in [-0.25, -0.2) is 0 Å². The van der Waals surface area contributed by atoms with Gasteiger partial charge in [-0.15, -0.1) is 10.2 Å². The molecule has 0 saturated carbocycles. The highest BCUT2D eigenvalue weighted by Gasteiger charge is 2.22. The van der Waals surface area contributed by atoms with Gasteiger partial charge in [0, 0.05) is 30.1 Å². The number of nitrogens with zero attached hydrogens (tertiary/aromatic N) is 3. The van der Waals surface area contributed by atoms with E-state index in [4.69, 9.17) is 13.6 Å². The highest BCUT2D eigenvalue weighted by Crippen LogP contribution is 2.27. The normalized spacial score (nSPS) is 16.8. The Labute approximate surface area is 167 Å². The van der Waals surface area contributed by atoms with Gasteiger partial charge in [0.15, 0.2) is 5.78 Å². The molecule has 1 aliphatic heterocycles. The molecule has 1 unspecified atom stereocenters. The zero-order valence-electron chi connectivity index (χ0n) is 16.2. The number of carbonyl (C=O) groups is 1. The first-order valence-electron chi connectivity index (χ1n) is 9.35. The Balaban J connectivity index is 1.41. The SMILES string of the molecule is Cc1occc1-c1nnc(SCC(=O)c2cc(C)n(CC3CCCO3)c2C)o1. The van der Waals surface area contributed by atoms with E-state index >= 15 is 0 Å². The van der Waals surface area contributed by atoms with Crippen LogP contribution in [0.5, 0.6) is 0 Å². The summed E-state index contributed by atoms with van der Waals surface area (Å²) in [5.74, 6) is 1.41. The lowest BCUT2D eigenvalue weighted by atomic mass is 10.2. The van der Waals surface area contributed by atoms with Crippen molar-refractivity contribution in [2.75, 3.05) is 12.4 Å². The van der Waals surface area contributed by atoms with Gasteiger partial charge in [-0.05, 0) is 45.7 Å². The van der Waals surface area contributed by atoms with E-state index in [-0.39, 0.29) is 17.6 Å². The highest BCUT2D eigenvalue weighted by molar-refractivity contribution is 7.99. The van der Waals surface area contributed by atoms with Crippen molar-refractivity contribution in [2.45, 2.75) is 51.5 Å². The lowest BCUT2D eigenvalue weighted by Gasteiger charge is -2.14. The predicted octanol–water partition coefficient (Wildman–Crippen LogP) is 4.21. The quantitative estimate of drug-likeness (QED) is 0.433. The molecule has 0 spiro atoms. The van der Waals surface area contributed by atoms with Crippen molar-refractivity contribution < 1.29 is 18.4 Å². The van der Waals surface area contributed by atoms with E-state index in [1.165, 1.54) is 11.8 Å². The van der Waals surface area contributed by atoms with Crippen LogP contribution in [0.1, 0.15) is 40.3 Å². The molecule has 0 aromatic carbocycles. The molecule has 8 heteroatoms. The second kappa shape index (κ2) is 7.97. The molecule has 4 heterocycles. The lowest BCUT2D eigenvalue weighted by molar-refractivity contribution is 0.0957. The van der Waals surface area contributed by atoms with E-state index in [9.17, 15) is 4.79 Å². The van der Waals surface area contributed by atoms with Gasteiger partial charge in [0.1, 0.15) is 5.76 Å². The van der Waals surface area contributed by atoms with Crippen LogP contribution in [-0.2, 0) is 11.3 Å². The maximum Gasteiger partial charge on any atom is 0.277 e. The Morgan fingerprint density at radius 2 is 2.18 bits per heavy atom. The summed E-state index contributed by atoms with van der Waals surface area (Å²) in [6.07, 6.45) is 4.01. The summed E-state index contributed by atoms with van der Waals surface area (Å²) < 4.78 is 18.8. The molecule has 1 atom stereocenters. The molecular weight excluding hydrogens is 378 g/mol. The predicted molar refractivity (Wildman–Crippen MR) is 105 cm³/mol. The average molecular weight is 401 g/mol. The third-order valence-electron chi connectivity index (χ3n) is 5.11. The van der Waals surface area contributed by atoms with Crippen LogP contribution in [-0.4, -0.2) is 39.0 Å². The molecule has 28 heavy (non-hydrogen) atoms. The van der Waals surface area contributed by atoms with Crippen LogP contribution >= 0.6 is 11.8 Å². The summed E-state index contributed by atoms with van der Waals surface area (Å²) in [4.78, 5) is 12.8. The first-order chi connectivity index (χ1) is 13.5. The zero-order chi connectivity index (χ0) is 19.7. The van der Waals surface area contributed by atoms with Crippen LogP contribution < -0.4 is 0 Å². The molecule has 0 bridgehead atoms. The standard InChI is InChI=1S/C20H23N3O4S/c1-12-9-17(13(2)23(12)10-15-5-4-7-26-15)18(24)11-28-20-22-21-19(27-20)16-6-8-25-14(16)3/h6,8-9,15H,4-5,7,10-11H2,1-3H3. The van der Waals surface area contributed by atoms with Crippen molar-refractivity contribution in [1.82, 2.24) is 14.8 Å². The number of furan rings is 1. The molecule has 1 fully saturated rings. The fourth-order valence-corrected chi connectivity index (χ4v) is 4.19. The maximum atomic E-state index is 12.8. The van der Waals surface area contributed by atoms with Gasteiger partial charge < -0.3 is 18.1 Å². The second-order valence-electron chi connectivity index (χ2n) is 7.01. The van der Waals surface area contributed by atoms with Crippen LogP contribution in [0, 0.1) is 20.8 Å². The lowest BCUT2D eigenvalue weighted by Crippen LogP contribution is -2.17. The minimum absolute atomic E-state index is 0.0518. The summed E-state index contributed by atoms with van der Waals surface area (Å²) in [6.45, 7) is 7.49. The topological polar surface area (TPSA) is 83.3 Å². The Hall–Kier alpha value is -2.32. The molecule has 1 aliphatic rings. The third kappa shape index (κ3) is 3.79. The van der Waals surface area contributed by atoms with E-state index in [0.717, 1.165) is 54.3 Å². The molecular formula is C20H23N3O4S. The number of aromatic nitrogens is 3. The largest absolute Gasteiger partial charge is 0.469 e. The van der Waals surface area contributed by atoms with Crippen molar-refractivity contribution in [3.63, 3.8) is 0 Å². The second-order valence-corrected chi connectivity index (χ2v) is 7.93. The molecule has 0 radical (unpaired) electrons. The van der Waals surface area contributed by atoms with Crippen LogP contribution in [0.4, 0.5) is 0 Å². The van der Waals surface area contributed by atoms with Crippen LogP contribution in [0.3, 0.4) is 0 Å². The monoisotopic (exact) mass is 401 g/mol. The minimum Gasteiger partial charge on any atom is -0.469 e. The Morgan fingerprint density at radius 1 is 1.32 bits per heavy atom. The summed E-state index contributed by atoms with van der Waals surface area (Å²) in [7, 11) is 0. The van der Waals surface area contributed by atoms with Crippen molar-refractivity contribution >= 4 is 17.5 Å². The number of aryl methyl sites for hydroxylation is 2. The molecule has 0 amide bonds. The van der Waals surface area contributed by atoms with Crippen molar-refractivity contribution in [2.24, 2.45) is 0 Å². The van der Waals surface area contributed by atoms with Crippen LogP contribution in [0.2, 0.25) is 0 Å². The van der Waals surface area contributed by atoms with Crippen molar-refractivity contribution in [3.05, 3.63) is 41.1 Å². The maximum absolute atomic E-state index is 12.8. The molecule has 3 aromatic heterocycles. The number of hydrogen-bond donors (Lipinski definition) is 0. The number of carbonyl (C=O) groups excluding carboxylic acids is 1. The molecule has 1 saturated heterocycles. The van der Waals surface area contributed by atoms with Crippen molar-refractivity contribution in [1.29, 1.82) is 0 Å². The summed E-state index contributed by atoms with van der Waals surface area (Å²) in [6, 6.07) is 3.74. The van der Waals surface area contributed by atoms with Gasteiger partial charge in [-0.2, -0.15) is 0 Å². The van der Waals surface area contributed by atoms with Gasteiger partial charge in [0.25, 0.3) is 11.1 Å². The number of hydrogen-bond acceptors (Lipinski definition) is 7.